The summed E-state index contributed by atoms with van der Waals surface area (Å²) < 4.78 is 25.6. The number of hydrogen-bond donors (Lipinski definition) is 1. The van der Waals surface area contributed by atoms with Gasteiger partial charge in [0.1, 0.15) is 11.8 Å². The molecule has 1 aliphatic rings. The van der Waals surface area contributed by atoms with Crippen molar-refractivity contribution < 1.29 is 8.78 Å². The van der Waals surface area contributed by atoms with E-state index in [4.69, 9.17) is 5.73 Å². The van der Waals surface area contributed by atoms with Gasteiger partial charge in [-0.3, -0.25) is 0 Å². The molecule has 0 amide bonds. The molecule has 1 aliphatic carbocycles. The first-order chi connectivity index (χ1) is 4.66. The minimum Gasteiger partial charge on any atom is -0.328 e. The molecule has 0 atom stereocenters. The first kappa shape index (κ1) is 7.92. The van der Waals surface area contributed by atoms with Crippen molar-refractivity contribution in [3.05, 3.63) is 0 Å². The van der Waals surface area contributed by atoms with Gasteiger partial charge in [0.15, 0.2) is 0 Å². The van der Waals surface area contributed by atoms with Gasteiger partial charge in [0, 0.05) is 6.54 Å². The van der Waals surface area contributed by atoms with E-state index < -0.39 is 11.8 Å². The summed E-state index contributed by atoms with van der Waals surface area (Å²) in [5.41, 5.74) is 3.92. The number of nitrogens with two attached hydrogens (primary N) is 1. The molecular formula is C7H13F2N. The first-order valence-electron chi connectivity index (χ1n) is 3.69. The van der Waals surface area contributed by atoms with E-state index in [9.17, 15) is 8.78 Å². The maximum absolute atomic E-state index is 13.2. The van der Waals surface area contributed by atoms with Crippen LogP contribution < -0.4 is 5.73 Å². The van der Waals surface area contributed by atoms with Gasteiger partial charge in [-0.15, -0.1) is 0 Å². The number of hydrogen-bond acceptors (Lipinski definition) is 1. The molecule has 3 heteroatoms. The zero-order chi connectivity index (χ0) is 7.61. The Balaban J connectivity index is 2.38. The van der Waals surface area contributed by atoms with Gasteiger partial charge in [0.05, 0.1) is 0 Å². The predicted molar refractivity (Wildman–Crippen MR) is 36.3 cm³/mol. The third-order valence-corrected chi connectivity index (χ3v) is 2.18. The topological polar surface area (TPSA) is 26.0 Å². The van der Waals surface area contributed by atoms with Crippen molar-refractivity contribution in [2.75, 3.05) is 6.54 Å². The highest BCUT2D eigenvalue weighted by Crippen LogP contribution is 2.32. The highest BCUT2D eigenvalue weighted by molar-refractivity contribution is 4.86. The molecular weight excluding hydrogens is 136 g/mol. The first-order valence-corrected chi connectivity index (χ1v) is 3.69. The molecule has 0 spiro atoms. The zero-order valence-corrected chi connectivity index (χ0v) is 5.95. The molecule has 1 fully saturated rings. The molecule has 0 aliphatic heterocycles. The molecule has 0 radical (unpaired) electrons. The summed E-state index contributed by atoms with van der Waals surface area (Å²) in [6.07, 6.45) is 0.479. The lowest BCUT2D eigenvalue weighted by Gasteiger charge is -2.29. The monoisotopic (exact) mass is 149 g/mol. The van der Waals surface area contributed by atoms with Crippen LogP contribution in [0.2, 0.25) is 0 Å². The minimum absolute atomic E-state index is 0.0414. The summed E-state index contributed by atoms with van der Waals surface area (Å²) in [6.45, 7) is 0.0414. The normalized spacial score (nSPS) is 41.7. The van der Waals surface area contributed by atoms with Crippen molar-refractivity contribution in [1.29, 1.82) is 0 Å². The molecule has 0 unspecified atom stereocenters. The van der Waals surface area contributed by atoms with Crippen LogP contribution in [0.3, 0.4) is 0 Å². The van der Waals surface area contributed by atoms with E-state index >= 15 is 0 Å². The average molecular weight is 149 g/mol. The molecule has 0 heterocycles. The van der Waals surface area contributed by atoms with Crippen LogP contribution in [-0.2, 0) is 0 Å². The van der Waals surface area contributed by atoms with Crippen molar-refractivity contribution in [2.45, 2.75) is 37.5 Å². The quantitative estimate of drug-likeness (QED) is 0.601. The second-order valence-electron chi connectivity index (χ2n) is 3.03. The molecule has 0 bridgehead atoms. The molecule has 0 aromatic carbocycles. The number of alkyl halides is 2. The van der Waals surface area contributed by atoms with Crippen LogP contribution in [0, 0.1) is 0 Å². The van der Waals surface area contributed by atoms with Crippen LogP contribution in [0.15, 0.2) is 0 Å². The van der Waals surface area contributed by atoms with Crippen LogP contribution in [0.25, 0.3) is 0 Å². The van der Waals surface area contributed by atoms with E-state index in [2.05, 4.69) is 0 Å². The largest absolute Gasteiger partial charge is 0.328 e. The highest BCUT2D eigenvalue weighted by Gasteiger charge is 2.33. The summed E-state index contributed by atoms with van der Waals surface area (Å²) in [5, 5.41) is 0. The maximum Gasteiger partial charge on any atom is 0.123 e. The fraction of sp³-hybridized carbons (Fsp3) is 1.00. The molecule has 0 aromatic rings. The fourth-order valence-corrected chi connectivity index (χ4v) is 1.30. The molecule has 10 heavy (non-hydrogen) atoms. The number of rotatable bonds is 1. The lowest BCUT2D eigenvalue weighted by Crippen LogP contribution is -2.37. The van der Waals surface area contributed by atoms with E-state index in [0.29, 0.717) is 25.7 Å². The van der Waals surface area contributed by atoms with Crippen LogP contribution in [0.5, 0.6) is 0 Å². The van der Waals surface area contributed by atoms with Crippen LogP contribution in [0.4, 0.5) is 8.78 Å². The van der Waals surface area contributed by atoms with Gasteiger partial charge in [-0.1, -0.05) is 0 Å². The third kappa shape index (κ3) is 1.66. The fourth-order valence-electron chi connectivity index (χ4n) is 1.30. The maximum atomic E-state index is 13.2. The van der Waals surface area contributed by atoms with Gasteiger partial charge in [-0.05, 0) is 25.7 Å². The van der Waals surface area contributed by atoms with E-state index in [0.717, 1.165) is 0 Å². The van der Waals surface area contributed by atoms with Gasteiger partial charge >= 0.3 is 0 Å². The standard InChI is InChI=1S/C7H13F2N/c8-6-1-3-7(9,5-10)4-2-6/h6H,1-5,10H2. The molecule has 60 valence electrons. The number of halogens is 2. The Morgan fingerprint density at radius 3 is 2.30 bits per heavy atom. The third-order valence-electron chi connectivity index (χ3n) is 2.18. The SMILES string of the molecule is NCC1(F)CCC(F)CC1. The summed E-state index contributed by atoms with van der Waals surface area (Å²) in [5.74, 6) is 0. The molecule has 1 rings (SSSR count). The zero-order valence-electron chi connectivity index (χ0n) is 5.95. The summed E-state index contributed by atoms with van der Waals surface area (Å²) in [6, 6.07) is 0. The Kier molecular flexibility index (Phi) is 2.24. The second-order valence-corrected chi connectivity index (χ2v) is 3.03. The Bertz CT molecular complexity index is 108. The summed E-state index contributed by atoms with van der Waals surface area (Å²) >= 11 is 0. The molecule has 2 N–H and O–H groups in total. The molecule has 1 nitrogen and oxygen atoms in total. The summed E-state index contributed by atoms with van der Waals surface area (Å²) in [7, 11) is 0. The lowest BCUT2D eigenvalue weighted by atomic mass is 9.85. The highest BCUT2D eigenvalue weighted by atomic mass is 19.1. The van der Waals surface area contributed by atoms with Crippen molar-refractivity contribution >= 4 is 0 Å². The van der Waals surface area contributed by atoms with Crippen molar-refractivity contribution in [3.63, 3.8) is 0 Å². The van der Waals surface area contributed by atoms with E-state index in [1.165, 1.54) is 0 Å². The Labute approximate surface area is 59.6 Å². The van der Waals surface area contributed by atoms with Gasteiger partial charge in [-0.2, -0.15) is 0 Å². The summed E-state index contributed by atoms with van der Waals surface area (Å²) in [4.78, 5) is 0. The predicted octanol–water partition coefficient (Wildman–Crippen LogP) is 1.57. The van der Waals surface area contributed by atoms with Crippen LogP contribution in [0.1, 0.15) is 25.7 Å². The second kappa shape index (κ2) is 2.82. The minimum atomic E-state index is -1.26. The molecule has 0 saturated heterocycles. The van der Waals surface area contributed by atoms with Gasteiger partial charge in [0.2, 0.25) is 0 Å². The van der Waals surface area contributed by atoms with E-state index in [1.54, 1.807) is 0 Å². The Morgan fingerprint density at radius 2 is 1.90 bits per heavy atom. The van der Waals surface area contributed by atoms with Crippen molar-refractivity contribution in [2.24, 2.45) is 5.73 Å². The van der Waals surface area contributed by atoms with Gasteiger partial charge < -0.3 is 5.73 Å². The smallest absolute Gasteiger partial charge is 0.123 e. The lowest BCUT2D eigenvalue weighted by molar-refractivity contribution is 0.0775. The van der Waals surface area contributed by atoms with Crippen molar-refractivity contribution in [1.82, 2.24) is 0 Å². The van der Waals surface area contributed by atoms with Gasteiger partial charge in [-0.25, -0.2) is 8.78 Å². The van der Waals surface area contributed by atoms with Crippen molar-refractivity contribution in [3.8, 4) is 0 Å². The van der Waals surface area contributed by atoms with E-state index in [1.807, 2.05) is 0 Å². The van der Waals surface area contributed by atoms with Crippen LogP contribution in [-0.4, -0.2) is 18.4 Å². The molecule has 0 aromatic heterocycles. The average Bonchev–Trinajstić information content (AvgIpc) is 1.96. The molecule has 1 saturated carbocycles. The van der Waals surface area contributed by atoms with Crippen LogP contribution >= 0.6 is 0 Å². The van der Waals surface area contributed by atoms with E-state index in [-0.39, 0.29) is 6.54 Å². The van der Waals surface area contributed by atoms with Gasteiger partial charge in [0.25, 0.3) is 0 Å². The Hall–Kier alpha value is -0.180. The Morgan fingerprint density at radius 1 is 1.40 bits per heavy atom.